The van der Waals surface area contributed by atoms with Crippen LogP contribution < -0.4 is 0 Å². The third-order valence-corrected chi connectivity index (χ3v) is 4.55. The van der Waals surface area contributed by atoms with E-state index in [0.717, 1.165) is 6.07 Å². The molecule has 3 rings (SSSR count). The number of hydrogen-bond acceptors (Lipinski definition) is 3. The first kappa shape index (κ1) is 14.1. The highest BCUT2D eigenvalue weighted by Gasteiger charge is 2.42. The highest BCUT2D eigenvalue weighted by molar-refractivity contribution is 7.09. The minimum atomic E-state index is -1.24. The van der Waals surface area contributed by atoms with Crippen molar-refractivity contribution in [3.8, 4) is 0 Å². The number of likely N-dealkylation sites (N-methyl/N-ethyl adjacent to an activating group) is 1. The van der Waals surface area contributed by atoms with Crippen molar-refractivity contribution in [1.29, 1.82) is 0 Å². The Morgan fingerprint density at radius 3 is 2.76 bits per heavy atom. The largest absolute Gasteiger partial charge is 0.345 e. The monoisotopic (exact) mass is 312 g/mol. The fraction of sp³-hybridized carbons (Fsp3) is 0.286. The van der Waals surface area contributed by atoms with E-state index in [1.54, 1.807) is 12.6 Å². The second kappa shape index (κ2) is 5.14. The van der Waals surface area contributed by atoms with E-state index in [0.29, 0.717) is 10.9 Å². The first-order valence-electron chi connectivity index (χ1n) is 6.27. The Hall–Kier alpha value is -1.89. The summed E-state index contributed by atoms with van der Waals surface area (Å²) in [4.78, 5) is 18.3. The van der Waals surface area contributed by atoms with E-state index in [4.69, 9.17) is 0 Å². The van der Waals surface area contributed by atoms with Gasteiger partial charge in [-0.3, -0.25) is 9.78 Å². The summed E-state index contributed by atoms with van der Waals surface area (Å²) in [6.07, 6.45) is 1.53. The van der Waals surface area contributed by atoms with E-state index in [2.05, 4.69) is 4.98 Å². The lowest BCUT2D eigenvalue weighted by Gasteiger charge is -2.16. The fourth-order valence-electron chi connectivity index (χ4n) is 2.72. The molecule has 0 aliphatic carbocycles. The topological polar surface area (TPSA) is 33.2 Å². The molecule has 2 atom stereocenters. The average molecular weight is 312 g/mol. The molecule has 0 saturated carbocycles. The molecule has 2 unspecified atom stereocenters. The third kappa shape index (κ3) is 2.31. The lowest BCUT2D eigenvalue weighted by Crippen LogP contribution is -2.21. The van der Waals surface area contributed by atoms with Gasteiger partial charge in [0.1, 0.15) is 5.82 Å². The lowest BCUT2D eigenvalue weighted by atomic mass is 9.87. The average Bonchev–Trinajstić information content (AvgIpc) is 3.03. The van der Waals surface area contributed by atoms with Crippen molar-refractivity contribution in [2.75, 3.05) is 13.6 Å². The number of thiazole rings is 1. The Balaban J connectivity index is 2.10. The van der Waals surface area contributed by atoms with Crippen molar-refractivity contribution >= 4 is 17.2 Å². The van der Waals surface area contributed by atoms with Gasteiger partial charge in [0.05, 0.1) is 11.4 Å². The molecule has 0 radical (unpaired) electrons. The van der Waals surface area contributed by atoms with E-state index in [1.165, 1.54) is 22.4 Å². The van der Waals surface area contributed by atoms with Crippen molar-refractivity contribution in [2.24, 2.45) is 0 Å². The van der Waals surface area contributed by atoms with Gasteiger partial charge in [-0.2, -0.15) is 0 Å². The van der Waals surface area contributed by atoms with Gasteiger partial charge in [-0.25, -0.2) is 13.2 Å². The third-order valence-electron chi connectivity index (χ3n) is 3.69. The van der Waals surface area contributed by atoms with Crippen LogP contribution in [-0.4, -0.2) is 29.4 Å². The number of rotatable bonds is 2. The predicted molar refractivity (Wildman–Crippen MR) is 71.5 cm³/mol. The molecule has 1 saturated heterocycles. The lowest BCUT2D eigenvalue weighted by molar-refractivity contribution is -0.127. The smallest absolute Gasteiger partial charge is 0.231 e. The first-order valence-corrected chi connectivity index (χ1v) is 7.14. The standard InChI is InChI=1S/C14H11F3N2OS/c1-19-5-9(8-2-7(15)3-10(16)13(8)17)12(14(19)20)11-4-18-6-21-11/h2-4,6,9,12H,5H2,1H3. The molecule has 1 aliphatic heterocycles. The number of hydrogen-bond donors (Lipinski definition) is 0. The molecule has 110 valence electrons. The van der Waals surface area contributed by atoms with Gasteiger partial charge in [-0.05, 0) is 11.6 Å². The van der Waals surface area contributed by atoms with Crippen LogP contribution in [0.4, 0.5) is 13.2 Å². The first-order chi connectivity index (χ1) is 9.99. The van der Waals surface area contributed by atoms with Crippen molar-refractivity contribution < 1.29 is 18.0 Å². The summed E-state index contributed by atoms with van der Waals surface area (Å²) in [5, 5.41) is 0. The van der Waals surface area contributed by atoms with Gasteiger partial charge in [0, 0.05) is 36.7 Å². The molecule has 1 aromatic carbocycles. The van der Waals surface area contributed by atoms with Gasteiger partial charge >= 0.3 is 0 Å². The summed E-state index contributed by atoms with van der Waals surface area (Å²) in [5.41, 5.74) is 1.46. The minimum Gasteiger partial charge on any atom is -0.345 e. The number of carbonyl (C=O) groups excluding carboxylic acids is 1. The quantitative estimate of drug-likeness (QED) is 0.799. The summed E-state index contributed by atoms with van der Waals surface area (Å²) in [7, 11) is 1.59. The van der Waals surface area contributed by atoms with Crippen LogP contribution in [0.15, 0.2) is 23.8 Å². The molecule has 2 aromatic rings. The van der Waals surface area contributed by atoms with E-state index in [-0.39, 0.29) is 18.0 Å². The summed E-state index contributed by atoms with van der Waals surface area (Å²) >= 11 is 1.27. The van der Waals surface area contributed by atoms with Gasteiger partial charge in [0.25, 0.3) is 0 Å². The fourth-order valence-corrected chi connectivity index (χ4v) is 3.50. The molecule has 1 amide bonds. The number of nitrogens with zero attached hydrogens (tertiary/aromatic N) is 2. The van der Waals surface area contributed by atoms with E-state index in [1.807, 2.05) is 0 Å². The van der Waals surface area contributed by atoms with Crippen molar-refractivity contribution in [3.05, 3.63) is 51.7 Å². The van der Waals surface area contributed by atoms with Crippen LogP contribution in [0.1, 0.15) is 22.3 Å². The van der Waals surface area contributed by atoms with E-state index < -0.39 is 29.3 Å². The van der Waals surface area contributed by atoms with Crippen LogP contribution in [0.25, 0.3) is 0 Å². The summed E-state index contributed by atoms with van der Waals surface area (Å²) in [6, 6.07) is 1.46. The normalized spacial score (nSPS) is 22.1. The molecule has 1 aromatic heterocycles. The highest BCUT2D eigenvalue weighted by atomic mass is 32.1. The summed E-state index contributed by atoms with van der Waals surface area (Å²) in [5.74, 6) is -4.68. The second-order valence-electron chi connectivity index (χ2n) is 5.00. The van der Waals surface area contributed by atoms with Crippen LogP contribution in [0.3, 0.4) is 0 Å². The van der Waals surface area contributed by atoms with Crippen molar-refractivity contribution in [3.63, 3.8) is 0 Å². The number of carbonyl (C=O) groups is 1. The molecule has 2 heterocycles. The number of aromatic nitrogens is 1. The maximum Gasteiger partial charge on any atom is 0.231 e. The summed E-state index contributed by atoms with van der Waals surface area (Å²) < 4.78 is 40.9. The molecule has 1 fully saturated rings. The van der Waals surface area contributed by atoms with Gasteiger partial charge in [-0.1, -0.05) is 0 Å². The Labute approximate surface area is 123 Å². The van der Waals surface area contributed by atoms with Gasteiger partial charge in [0.15, 0.2) is 11.6 Å². The molecule has 3 nitrogen and oxygen atoms in total. The van der Waals surface area contributed by atoms with Crippen LogP contribution in [0, 0.1) is 17.5 Å². The number of halogens is 3. The van der Waals surface area contributed by atoms with Crippen LogP contribution in [0.5, 0.6) is 0 Å². The van der Waals surface area contributed by atoms with E-state index >= 15 is 0 Å². The number of amides is 1. The van der Waals surface area contributed by atoms with Crippen molar-refractivity contribution in [1.82, 2.24) is 9.88 Å². The van der Waals surface area contributed by atoms with Crippen molar-refractivity contribution in [2.45, 2.75) is 11.8 Å². The molecule has 0 spiro atoms. The van der Waals surface area contributed by atoms with E-state index in [9.17, 15) is 18.0 Å². The van der Waals surface area contributed by atoms with Crippen LogP contribution in [-0.2, 0) is 4.79 Å². The van der Waals surface area contributed by atoms with Gasteiger partial charge in [-0.15, -0.1) is 11.3 Å². The van der Waals surface area contributed by atoms with Gasteiger partial charge < -0.3 is 4.90 Å². The maximum atomic E-state index is 14.0. The Morgan fingerprint density at radius 2 is 2.10 bits per heavy atom. The Kier molecular flexibility index (Phi) is 3.44. The zero-order valence-electron chi connectivity index (χ0n) is 11.0. The Bertz CT molecular complexity index is 690. The zero-order chi connectivity index (χ0) is 15.1. The number of likely N-dealkylation sites (tertiary alicyclic amines) is 1. The molecule has 0 bridgehead atoms. The minimum absolute atomic E-state index is 0.108. The predicted octanol–water partition coefficient (Wildman–Crippen LogP) is 2.90. The molecular weight excluding hydrogens is 301 g/mol. The van der Waals surface area contributed by atoms with Crippen LogP contribution >= 0.6 is 11.3 Å². The molecule has 1 aliphatic rings. The molecule has 21 heavy (non-hydrogen) atoms. The SMILES string of the molecule is CN1CC(c2cc(F)cc(F)c2F)C(c2cncs2)C1=O. The van der Waals surface area contributed by atoms with Crippen LogP contribution in [0.2, 0.25) is 0 Å². The molecule has 7 heteroatoms. The number of benzene rings is 1. The second-order valence-corrected chi connectivity index (χ2v) is 5.92. The summed E-state index contributed by atoms with van der Waals surface area (Å²) in [6.45, 7) is 0.210. The Morgan fingerprint density at radius 1 is 1.33 bits per heavy atom. The van der Waals surface area contributed by atoms with Gasteiger partial charge in [0.2, 0.25) is 5.91 Å². The molecule has 0 N–H and O–H groups in total. The highest BCUT2D eigenvalue weighted by Crippen LogP contribution is 2.42. The maximum absolute atomic E-state index is 14.0. The molecular formula is C14H11F3N2OS. The zero-order valence-corrected chi connectivity index (χ0v) is 11.8.